The molecule has 1 aromatic carbocycles. The Kier molecular flexibility index (Phi) is 5.73. The maximum atomic E-state index is 12.2. The van der Waals surface area contributed by atoms with Crippen molar-refractivity contribution in [2.45, 2.75) is 25.7 Å². The van der Waals surface area contributed by atoms with Crippen LogP contribution in [0, 0.1) is 0 Å². The van der Waals surface area contributed by atoms with Gasteiger partial charge in [-0.2, -0.15) is 0 Å². The van der Waals surface area contributed by atoms with Crippen molar-refractivity contribution in [3.8, 4) is 17.0 Å². The Hall–Kier alpha value is -2.77. The van der Waals surface area contributed by atoms with E-state index in [0.717, 1.165) is 36.0 Å². The number of hydrogen-bond acceptors (Lipinski definition) is 4. The van der Waals surface area contributed by atoms with E-state index in [1.165, 1.54) is 5.69 Å². The van der Waals surface area contributed by atoms with Gasteiger partial charge in [-0.15, -0.1) is 12.4 Å². The van der Waals surface area contributed by atoms with Crippen LogP contribution in [0.2, 0.25) is 0 Å². The standard InChI is InChI=1S/C21H23N3O4.ClH/c1-3-14-18(23-20(26)17(19(14)25)21(27)28)11-4-5-15-13(8-11)9-16(24(15)2)12-6-7-22-10-12;/h4-5,8-9,12,22H,3,6-7,10H2,1-2H3,(H,27,28)(H2,23,25,26);1H. The number of pyridine rings is 1. The van der Waals surface area contributed by atoms with Crippen LogP contribution in [0.4, 0.5) is 0 Å². The van der Waals surface area contributed by atoms with Crippen LogP contribution < -0.4 is 10.9 Å². The minimum absolute atomic E-state index is 0. The fourth-order valence-electron chi connectivity index (χ4n) is 4.24. The van der Waals surface area contributed by atoms with Gasteiger partial charge in [0, 0.05) is 41.7 Å². The van der Waals surface area contributed by atoms with Crippen molar-refractivity contribution >= 4 is 29.3 Å². The van der Waals surface area contributed by atoms with Crippen molar-refractivity contribution in [1.29, 1.82) is 0 Å². The van der Waals surface area contributed by atoms with Gasteiger partial charge in [0.2, 0.25) is 0 Å². The Labute approximate surface area is 173 Å². The summed E-state index contributed by atoms with van der Waals surface area (Å²) in [6.45, 7) is 3.80. The molecule has 154 valence electrons. The van der Waals surface area contributed by atoms with E-state index in [2.05, 4.69) is 28.0 Å². The number of carboxylic acids is 1. The van der Waals surface area contributed by atoms with Crippen LogP contribution in [0.15, 0.2) is 29.1 Å². The fraction of sp³-hybridized carbons (Fsp3) is 0.333. The molecule has 1 aliphatic heterocycles. The highest BCUT2D eigenvalue weighted by atomic mass is 35.5. The van der Waals surface area contributed by atoms with Gasteiger partial charge in [0.15, 0.2) is 5.56 Å². The molecule has 0 saturated carbocycles. The van der Waals surface area contributed by atoms with Gasteiger partial charge in [0.1, 0.15) is 5.75 Å². The number of halogens is 1. The Morgan fingerprint density at radius 2 is 2.07 bits per heavy atom. The molecule has 2 aromatic heterocycles. The predicted octanol–water partition coefficient (Wildman–Crippen LogP) is 3.00. The number of aromatic hydroxyl groups is 1. The zero-order chi connectivity index (χ0) is 20.0. The first kappa shape index (κ1) is 21.0. The molecule has 1 unspecified atom stereocenters. The van der Waals surface area contributed by atoms with E-state index in [0.29, 0.717) is 23.6 Å². The van der Waals surface area contributed by atoms with Gasteiger partial charge in [-0.25, -0.2) is 4.79 Å². The molecule has 0 amide bonds. The minimum atomic E-state index is -1.44. The Balaban J connectivity index is 0.00000240. The zero-order valence-corrected chi connectivity index (χ0v) is 17.1. The summed E-state index contributed by atoms with van der Waals surface area (Å²) in [5, 5.41) is 24.0. The molecule has 29 heavy (non-hydrogen) atoms. The van der Waals surface area contributed by atoms with Crippen molar-refractivity contribution in [2.75, 3.05) is 13.1 Å². The fourth-order valence-corrected chi connectivity index (χ4v) is 4.24. The second-order valence-electron chi connectivity index (χ2n) is 7.28. The number of rotatable bonds is 4. The molecule has 3 aromatic rings. The summed E-state index contributed by atoms with van der Waals surface area (Å²) in [4.78, 5) is 26.2. The third-order valence-electron chi connectivity index (χ3n) is 5.70. The summed E-state index contributed by atoms with van der Waals surface area (Å²) >= 11 is 0. The number of aromatic carboxylic acids is 1. The topological polar surface area (TPSA) is 107 Å². The molecule has 0 radical (unpaired) electrons. The molecule has 0 spiro atoms. The van der Waals surface area contributed by atoms with Crippen LogP contribution in [0.5, 0.6) is 5.75 Å². The van der Waals surface area contributed by atoms with Crippen LogP contribution in [0.1, 0.15) is 40.9 Å². The van der Waals surface area contributed by atoms with Gasteiger partial charge in [-0.05, 0) is 43.1 Å². The third kappa shape index (κ3) is 3.41. The van der Waals surface area contributed by atoms with Crippen molar-refractivity contribution in [2.24, 2.45) is 7.05 Å². The SMILES string of the molecule is CCc1c(-c2ccc3c(c2)cc(C2CCNC2)n3C)[nH]c(=O)c(C(=O)O)c1O.Cl. The predicted molar refractivity (Wildman–Crippen MR) is 114 cm³/mol. The Morgan fingerprint density at radius 3 is 2.69 bits per heavy atom. The normalized spacial score (nSPS) is 16.1. The molecule has 4 N–H and O–H groups in total. The summed E-state index contributed by atoms with van der Waals surface area (Å²) in [5.74, 6) is -1.42. The number of hydrogen-bond donors (Lipinski definition) is 4. The lowest BCUT2D eigenvalue weighted by Gasteiger charge is -2.12. The van der Waals surface area contributed by atoms with Gasteiger partial charge in [0.25, 0.3) is 5.56 Å². The van der Waals surface area contributed by atoms with Crippen molar-refractivity contribution < 1.29 is 15.0 Å². The molecular weight excluding hydrogens is 394 g/mol. The number of aryl methyl sites for hydroxylation is 1. The lowest BCUT2D eigenvalue weighted by molar-refractivity contribution is 0.0691. The summed E-state index contributed by atoms with van der Waals surface area (Å²) in [6.07, 6.45) is 1.50. The highest BCUT2D eigenvalue weighted by Gasteiger charge is 2.23. The monoisotopic (exact) mass is 417 g/mol. The number of aromatic amines is 1. The molecule has 1 fully saturated rings. The second kappa shape index (κ2) is 7.93. The Morgan fingerprint density at radius 1 is 1.31 bits per heavy atom. The number of nitrogens with zero attached hydrogens (tertiary/aromatic N) is 1. The van der Waals surface area contributed by atoms with Gasteiger partial charge >= 0.3 is 5.97 Å². The van der Waals surface area contributed by atoms with Gasteiger partial charge < -0.3 is 25.1 Å². The smallest absolute Gasteiger partial charge is 0.345 e. The first-order valence-corrected chi connectivity index (χ1v) is 9.44. The Bertz CT molecular complexity index is 1140. The lowest BCUT2D eigenvalue weighted by atomic mass is 9.99. The van der Waals surface area contributed by atoms with Crippen molar-refractivity contribution in [3.05, 3.63) is 51.4 Å². The van der Waals surface area contributed by atoms with Crippen molar-refractivity contribution in [3.63, 3.8) is 0 Å². The summed E-state index contributed by atoms with van der Waals surface area (Å²) in [6, 6.07) is 8.04. The molecule has 0 bridgehead atoms. The maximum Gasteiger partial charge on any atom is 0.345 e. The maximum absolute atomic E-state index is 12.2. The summed E-state index contributed by atoms with van der Waals surface area (Å²) in [7, 11) is 2.06. The number of nitrogens with one attached hydrogen (secondary N) is 2. The quantitative estimate of drug-likeness (QED) is 0.522. The van der Waals surface area contributed by atoms with E-state index < -0.39 is 22.8 Å². The molecule has 3 heterocycles. The molecule has 8 heteroatoms. The van der Waals surface area contributed by atoms with Crippen LogP contribution >= 0.6 is 12.4 Å². The minimum Gasteiger partial charge on any atom is -0.506 e. The van der Waals surface area contributed by atoms with Crippen LogP contribution in [-0.2, 0) is 13.5 Å². The first-order chi connectivity index (χ1) is 13.4. The van der Waals surface area contributed by atoms with E-state index in [4.69, 9.17) is 0 Å². The number of H-pyrrole nitrogens is 1. The molecule has 1 saturated heterocycles. The summed E-state index contributed by atoms with van der Waals surface area (Å²) < 4.78 is 2.20. The average molecular weight is 418 g/mol. The van der Waals surface area contributed by atoms with Gasteiger partial charge in [-0.3, -0.25) is 4.79 Å². The molecule has 7 nitrogen and oxygen atoms in total. The molecule has 0 aliphatic carbocycles. The van der Waals surface area contributed by atoms with Gasteiger partial charge in [-0.1, -0.05) is 13.0 Å². The van der Waals surface area contributed by atoms with Gasteiger partial charge in [0.05, 0.1) is 5.69 Å². The highest BCUT2D eigenvalue weighted by molar-refractivity contribution is 5.92. The molecule has 4 rings (SSSR count). The van der Waals surface area contributed by atoms with Crippen LogP contribution in [-0.4, -0.2) is 38.8 Å². The number of carbonyl (C=O) groups is 1. The second-order valence-corrected chi connectivity index (χ2v) is 7.28. The van der Waals surface area contributed by atoms with Crippen LogP contribution in [0.3, 0.4) is 0 Å². The number of benzene rings is 1. The molecule has 1 atom stereocenters. The highest BCUT2D eigenvalue weighted by Crippen LogP contribution is 2.34. The van der Waals surface area contributed by atoms with E-state index in [-0.39, 0.29) is 12.4 Å². The molecular formula is C21H24ClN3O4. The van der Waals surface area contributed by atoms with E-state index in [1.54, 1.807) is 0 Å². The number of fused-ring (bicyclic) bond motifs is 1. The number of carboxylic acid groups (broad SMARTS) is 1. The summed E-state index contributed by atoms with van der Waals surface area (Å²) in [5.41, 5.74) is 2.58. The lowest BCUT2D eigenvalue weighted by Crippen LogP contribution is -2.20. The van der Waals surface area contributed by atoms with Crippen molar-refractivity contribution in [1.82, 2.24) is 14.9 Å². The molecule has 1 aliphatic rings. The van der Waals surface area contributed by atoms with E-state index >= 15 is 0 Å². The number of aromatic nitrogens is 2. The largest absolute Gasteiger partial charge is 0.506 e. The van der Waals surface area contributed by atoms with E-state index in [1.807, 2.05) is 25.1 Å². The van der Waals surface area contributed by atoms with E-state index in [9.17, 15) is 19.8 Å². The first-order valence-electron chi connectivity index (χ1n) is 9.44. The average Bonchev–Trinajstić information content (AvgIpc) is 3.29. The zero-order valence-electron chi connectivity index (χ0n) is 16.3. The van der Waals surface area contributed by atoms with Crippen LogP contribution in [0.25, 0.3) is 22.2 Å². The third-order valence-corrected chi connectivity index (χ3v) is 5.70.